The van der Waals surface area contributed by atoms with Crippen LogP contribution in [-0.4, -0.2) is 40.3 Å². The molecule has 10 nitrogen and oxygen atoms in total. The zero-order valence-electron chi connectivity index (χ0n) is 16.9. The molecule has 2 amide bonds. The highest BCUT2D eigenvalue weighted by Gasteiger charge is 2.29. The fourth-order valence-electron chi connectivity index (χ4n) is 2.62. The summed E-state index contributed by atoms with van der Waals surface area (Å²) in [6.45, 7) is 3.17. The number of primary amides is 1. The number of nitrogens with two attached hydrogens (primary N) is 1. The Bertz CT molecular complexity index is 1160. The monoisotopic (exact) mass is 479 g/mol. The number of thioether (sulfide) groups is 1. The van der Waals surface area contributed by atoms with Crippen molar-refractivity contribution in [2.45, 2.75) is 18.2 Å². The second-order valence-electron chi connectivity index (χ2n) is 6.17. The van der Waals surface area contributed by atoms with Gasteiger partial charge in [0.15, 0.2) is 4.34 Å². The minimum absolute atomic E-state index is 0.0821. The van der Waals surface area contributed by atoms with Gasteiger partial charge in [0, 0.05) is 5.69 Å². The largest absolute Gasteiger partial charge is 0.462 e. The maximum Gasteiger partial charge on any atom is 0.342 e. The van der Waals surface area contributed by atoms with Gasteiger partial charge in [0.25, 0.3) is 5.91 Å². The molecule has 1 aromatic carbocycles. The average Bonchev–Trinajstić information content (AvgIpc) is 3.30. The van der Waals surface area contributed by atoms with E-state index in [1.165, 1.54) is 30.4 Å². The van der Waals surface area contributed by atoms with Gasteiger partial charge in [-0.25, -0.2) is 9.18 Å². The van der Waals surface area contributed by atoms with Crippen LogP contribution >= 0.6 is 23.1 Å². The number of anilines is 3. The highest BCUT2D eigenvalue weighted by Crippen LogP contribution is 2.30. The Kier molecular flexibility index (Phi) is 7.43. The number of halogens is 1. The summed E-state index contributed by atoms with van der Waals surface area (Å²) in [5.74, 6) is -2.83. The van der Waals surface area contributed by atoms with Crippen LogP contribution in [0.25, 0.3) is 0 Å². The van der Waals surface area contributed by atoms with E-state index in [-0.39, 0.29) is 40.9 Å². The molecule has 0 atom stereocenters. The molecule has 0 unspecified atom stereocenters. The molecule has 0 fully saturated rings. The molecule has 0 spiro atoms. The first-order chi connectivity index (χ1) is 15.3. The molecule has 0 aliphatic rings. The SMILES string of the molecule is CCOC(=O)c1c(C)oc(NC(=O)CSc2nnc(Nc3cccc(F)c3)s2)c1C(N)=O. The van der Waals surface area contributed by atoms with Gasteiger partial charge in [-0.2, -0.15) is 0 Å². The van der Waals surface area contributed by atoms with E-state index < -0.39 is 17.8 Å². The number of amides is 2. The molecule has 32 heavy (non-hydrogen) atoms. The Balaban J connectivity index is 1.63. The van der Waals surface area contributed by atoms with Crippen molar-refractivity contribution in [1.29, 1.82) is 0 Å². The van der Waals surface area contributed by atoms with Gasteiger partial charge < -0.3 is 20.2 Å². The molecule has 13 heteroatoms. The predicted octanol–water partition coefficient (Wildman–Crippen LogP) is 3.33. The van der Waals surface area contributed by atoms with Crippen LogP contribution in [0.2, 0.25) is 0 Å². The lowest BCUT2D eigenvalue weighted by molar-refractivity contribution is -0.113. The molecule has 3 rings (SSSR count). The van der Waals surface area contributed by atoms with Crippen LogP contribution in [0.3, 0.4) is 0 Å². The van der Waals surface area contributed by atoms with E-state index in [0.29, 0.717) is 15.2 Å². The fraction of sp³-hybridized carbons (Fsp3) is 0.211. The van der Waals surface area contributed by atoms with E-state index >= 15 is 0 Å². The standard InChI is InChI=1S/C19H18FN5O5S2/c1-3-29-17(28)13-9(2)30-16(14(13)15(21)27)23-12(26)8-31-19-25-24-18(32-19)22-11-6-4-5-10(20)7-11/h4-7H,3,8H2,1-2H3,(H2,21,27)(H,22,24)(H,23,26). The van der Waals surface area contributed by atoms with Gasteiger partial charge in [0.05, 0.1) is 12.4 Å². The van der Waals surface area contributed by atoms with E-state index in [4.69, 9.17) is 14.9 Å². The van der Waals surface area contributed by atoms with E-state index in [2.05, 4.69) is 20.8 Å². The average molecular weight is 480 g/mol. The molecule has 0 radical (unpaired) electrons. The van der Waals surface area contributed by atoms with Crippen molar-refractivity contribution in [3.8, 4) is 0 Å². The quantitative estimate of drug-likeness (QED) is 0.310. The van der Waals surface area contributed by atoms with Crippen molar-refractivity contribution in [2.75, 3.05) is 23.0 Å². The number of nitrogens with one attached hydrogen (secondary N) is 2. The zero-order chi connectivity index (χ0) is 23.3. The Morgan fingerprint density at radius 2 is 2.06 bits per heavy atom. The zero-order valence-corrected chi connectivity index (χ0v) is 18.6. The van der Waals surface area contributed by atoms with Crippen molar-refractivity contribution in [2.24, 2.45) is 5.73 Å². The number of carbonyl (C=O) groups is 3. The van der Waals surface area contributed by atoms with Crippen LogP contribution < -0.4 is 16.4 Å². The minimum atomic E-state index is -0.940. The number of aryl methyl sites for hydroxylation is 1. The molecule has 4 N–H and O–H groups in total. The third-order valence-corrected chi connectivity index (χ3v) is 5.84. The molecule has 0 aliphatic carbocycles. The maximum absolute atomic E-state index is 13.3. The summed E-state index contributed by atoms with van der Waals surface area (Å²) in [4.78, 5) is 36.3. The van der Waals surface area contributed by atoms with Gasteiger partial charge >= 0.3 is 5.97 Å². The number of ether oxygens (including phenoxy) is 1. The highest BCUT2D eigenvalue weighted by atomic mass is 32.2. The van der Waals surface area contributed by atoms with E-state index in [1.54, 1.807) is 19.1 Å². The van der Waals surface area contributed by atoms with E-state index in [1.807, 2.05) is 0 Å². The molecule has 2 aromatic heterocycles. The number of benzene rings is 1. The number of hydrogen-bond donors (Lipinski definition) is 3. The summed E-state index contributed by atoms with van der Waals surface area (Å²) in [5.41, 5.74) is 5.50. The molecular formula is C19H18FN5O5S2. The molecule has 0 saturated carbocycles. The lowest BCUT2D eigenvalue weighted by Gasteiger charge is -2.04. The van der Waals surface area contributed by atoms with Crippen molar-refractivity contribution < 1.29 is 27.9 Å². The molecule has 0 saturated heterocycles. The maximum atomic E-state index is 13.3. The summed E-state index contributed by atoms with van der Waals surface area (Å²) in [7, 11) is 0. The van der Waals surface area contributed by atoms with Gasteiger partial charge in [-0.1, -0.05) is 29.2 Å². The first-order valence-electron chi connectivity index (χ1n) is 9.17. The summed E-state index contributed by atoms with van der Waals surface area (Å²) < 4.78 is 24.0. The van der Waals surface area contributed by atoms with Crippen LogP contribution in [0, 0.1) is 12.7 Å². The van der Waals surface area contributed by atoms with Crippen LogP contribution in [0.5, 0.6) is 0 Å². The van der Waals surface area contributed by atoms with E-state index in [9.17, 15) is 18.8 Å². The minimum Gasteiger partial charge on any atom is -0.462 e. The van der Waals surface area contributed by atoms with Crippen LogP contribution in [0.1, 0.15) is 33.4 Å². The molecule has 3 aromatic rings. The van der Waals surface area contributed by atoms with Crippen molar-refractivity contribution in [3.05, 3.63) is 47.0 Å². The predicted molar refractivity (Wildman–Crippen MR) is 117 cm³/mol. The summed E-state index contributed by atoms with van der Waals surface area (Å²) in [5, 5.41) is 13.7. The Morgan fingerprint density at radius 3 is 2.75 bits per heavy atom. The fourth-order valence-corrected chi connectivity index (χ4v) is 4.19. The molecule has 0 bridgehead atoms. The topological polar surface area (TPSA) is 149 Å². The summed E-state index contributed by atoms with van der Waals surface area (Å²) in [6.07, 6.45) is 0. The number of rotatable bonds is 9. The third kappa shape index (κ3) is 5.62. The van der Waals surface area contributed by atoms with Gasteiger partial charge in [-0.05, 0) is 32.0 Å². The Morgan fingerprint density at radius 1 is 1.28 bits per heavy atom. The van der Waals surface area contributed by atoms with Gasteiger partial charge in [0.1, 0.15) is 22.7 Å². The first-order valence-corrected chi connectivity index (χ1v) is 11.0. The normalized spacial score (nSPS) is 10.6. The molecular weight excluding hydrogens is 461 g/mol. The van der Waals surface area contributed by atoms with Gasteiger partial charge in [-0.15, -0.1) is 10.2 Å². The Hall–Kier alpha value is -3.45. The lowest BCUT2D eigenvalue weighted by Crippen LogP contribution is -2.21. The number of furan rings is 1. The lowest BCUT2D eigenvalue weighted by atomic mass is 10.1. The van der Waals surface area contributed by atoms with E-state index in [0.717, 1.165) is 11.8 Å². The second kappa shape index (κ2) is 10.2. The number of esters is 1. The number of hydrogen-bond acceptors (Lipinski definition) is 10. The van der Waals surface area contributed by atoms with Crippen molar-refractivity contribution in [1.82, 2.24) is 10.2 Å². The van der Waals surface area contributed by atoms with Gasteiger partial charge in [0.2, 0.25) is 16.9 Å². The number of carbonyl (C=O) groups excluding carboxylic acids is 3. The first kappa shape index (κ1) is 23.2. The number of nitrogens with zero attached hydrogens (tertiary/aromatic N) is 2. The Labute approximate surface area is 189 Å². The number of aromatic nitrogens is 2. The third-order valence-electron chi connectivity index (χ3n) is 3.87. The molecule has 168 valence electrons. The van der Waals surface area contributed by atoms with Crippen LogP contribution in [0.15, 0.2) is 33.0 Å². The smallest absolute Gasteiger partial charge is 0.342 e. The second-order valence-corrected chi connectivity index (χ2v) is 8.37. The molecule has 0 aliphatic heterocycles. The molecule has 2 heterocycles. The van der Waals surface area contributed by atoms with Crippen LogP contribution in [0.4, 0.5) is 21.1 Å². The van der Waals surface area contributed by atoms with Gasteiger partial charge in [-0.3, -0.25) is 14.9 Å². The van der Waals surface area contributed by atoms with Crippen LogP contribution in [-0.2, 0) is 9.53 Å². The van der Waals surface area contributed by atoms with Crippen molar-refractivity contribution in [3.63, 3.8) is 0 Å². The summed E-state index contributed by atoms with van der Waals surface area (Å²) >= 11 is 2.27. The van der Waals surface area contributed by atoms with Crippen molar-refractivity contribution >= 4 is 57.6 Å². The highest BCUT2D eigenvalue weighted by molar-refractivity contribution is 8.01. The summed E-state index contributed by atoms with van der Waals surface area (Å²) in [6, 6.07) is 5.87.